The van der Waals surface area contributed by atoms with E-state index in [1.54, 1.807) is 6.20 Å². The Balaban J connectivity index is 1.81. The largest absolute Gasteiger partial charge is 0.393 e. The average Bonchev–Trinajstić information content (AvgIpc) is 2.82. The van der Waals surface area contributed by atoms with E-state index < -0.39 is 5.91 Å². The highest BCUT2D eigenvalue weighted by atomic mass is 35.5. The van der Waals surface area contributed by atoms with Gasteiger partial charge in [0, 0.05) is 6.20 Å². The molecule has 22 heavy (non-hydrogen) atoms. The van der Waals surface area contributed by atoms with Gasteiger partial charge in [-0.1, -0.05) is 17.7 Å². The quantitative estimate of drug-likeness (QED) is 0.677. The van der Waals surface area contributed by atoms with Gasteiger partial charge in [0.15, 0.2) is 5.82 Å². The summed E-state index contributed by atoms with van der Waals surface area (Å²) >= 11 is 5.95. The molecule has 1 saturated carbocycles. The maximum absolute atomic E-state index is 12.4. The molecule has 0 radical (unpaired) electrons. The van der Waals surface area contributed by atoms with Crippen LogP contribution in [0.5, 0.6) is 0 Å². The van der Waals surface area contributed by atoms with Crippen LogP contribution in [0.2, 0.25) is 5.02 Å². The Hall–Kier alpha value is -2.12. The fourth-order valence-corrected chi connectivity index (χ4v) is 2.77. The number of pyridine rings is 1. The van der Waals surface area contributed by atoms with E-state index in [-0.39, 0.29) is 34.6 Å². The lowest BCUT2D eigenvalue weighted by atomic mass is 9.76. The molecule has 8 heteroatoms. The first-order valence-electron chi connectivity index (χ1n) is 6.95. The number of aromatic amines is 1. The van der Waals surface area contributed by atoms with Crippen molar-refractivity contribution in [1.82, 2.24) is 20.5 Å². The number of amides is 1. The summed E-state index contributed by atoms with van der Waals surface area (Å²) in [5.74, 6) is -0.181. The van der Waals surface area contributed by atoms with Crippen molar-refractivity contribution < 1.29 is 9.90 Å². The molecule has 5 N–H and O–H groups in total. The first kappa shape index (κ1) is 14.8. The third kappa shape index (κ3) is 2.77. The first-order valence-corrected chi connectivity index (χ1v) is 7.33. The molecule has 2 heterocycles. The lowest BCUT2D eigenvalue weighted by molar-refractivity contribution is 0.0227. The summed E-state index contributed by atoms with van der Waals surface area (Å²) in [6.07, 6.45) is 2.60. The summed E-state index contributed by atoms with van der Waals surface area (Å²) in [6.45, 7) is 0. The smallest absolute Gasteiger partial charge is 0.271 e. The van der Waals surface area contributed by atoms with E-state index in [1.165, 1.54) is 0 Å². The van der Waals surface area contributed by atoms with E-state index in [1.807, 2.05) is 18.2 Å². The number of nitrogens with two attached hydrogens (primary N) is 1. The zero-order valence-corrected chi connectivity index (χ0v) is 12.4. The Morgan fingerprint density at radius 3 is 2.82 bits per heavy atom. The second-order valence-corrected chi connectivity index (χ2v) is 5.77. The molecule has 0 spiro atoms. The molecule has 0 aromatic carbocycles. The number of hydrogen-bond donors (Lipinski definition) is 4. The van der Waals surface area contributed by atoms with Crippen molar-refractivity contribution in [3.63, 3.8) is 0 Å². The number of halogens is 1. The van der Waals surface area contributed by atoms with Gasteiger partial charge < -0.3 is 16.2 Å². The predicted molar refractivity (Wildman–Crippen MR) is 81.2 cm³/mol. The topological polar surface area (TPSA) is 117 Å². The van der Waals surface area contributed by atoms with Gasteiger partial charge in [0.05, 0.1) is 17.8 Å². The second-order valence-electron chi connectivity index (χ2n) is 5.39. The molecule has 1 aliphatic rings. The third-order valence-corrected chi connectivity index (χ3v) is 4.26. The van der Waals surface area contributed by atoms with Crippen LogP contribution in [0.3, 0.4) is 0 Å². The fraction of sp³-hybridized carbons (Fsp3) is 0.357. The maximum Gasteiger partial charge on any atom is 0.271 e. The zero-order chi connectivity index (χ0) is 15.7. The minimum Gasteiger partial charge on any atom is -0.393 e. The average molecular weight is 322 g/mol. The van der Waals surface area contributed by atoms with E-state index in [9.17, 15) is 9.90 Å². The first-order chi connectivity index (χ1) is 10.6. The Bertz CT molecular complexity index is 669. The minimum absolute atomic E-state index is 0.0836. The number of nitrogens with zero attached hydrogens (tertiary/aromatic N) is 2. The number of hydrogen-bond acceptors (Lipinski definition) is 5. The molecule has 1 unspecified atom stereocenters. The van der Waals surface area contributed by atoms with Crippen molar-refractivity contribution in [3.8, 4) is 0 Å². The minimum atomic E-state index is -0.397. The third-order valence-electron chi connectivity index (χ3n) is 3.87. The highest BCUT2D eigenvalue weighted by molar-refractivity contribution is 6.35. The van der Waals surface area contributed by atoms with Gasteiger partial charge in [-0.25, -0.2) is 0 Å². The SMILES string of the molecule is Nc1n[nH]c(C(=O)NC(c2ccccn2)C2CC(O)C2)c1Cl. The van der Waals surface area contributed by atoms with Crippen LogP contribution in [0.25, 0.3) is 0 Å². The van der Waals surface area contributed by atoms with Gasteiger partial charge in [0.2, 0.25) is 0 Å². The van der Waals surface area contributed by atoms with E-state index in [0.717, 1.165) is 5.69 Å². The van der Waals surface area contributed by atoms with Gasteiger partial charge >= 0.3 is 0 Å². The second kappa shape index (κ2) is 5.94. The van der Waals surface area contributed by atoms with Crippen molar-refractivity contribution in [2.75, 3.05) is 5.73 Å². The number of nitrogens with one attached hydrogen (secondary N) is 2. The van der Waals surface area contributed by atoms with Gasteiger partial charge in [0.1, 0.15) is 10.7 Å². The van der Waals surface area contributed by atoms with Crippen LogP contribution in [-0.4, -0.2) is 32.3 Å². The Morgan fingerprint density at radius 1 is 1.50 bits per heavy atom. The molecule has 2 aromatic heterocycles. The van der Waals surface area contributed by atoms with Crippen LogP contribution in [0, 0.1) is 5.92 Å². The van der Waals surface area contributed by atoms with Crippen molar-refractivity contribution in [2.24, 2.45) is 5.92 Å². The van der Waals surface area contributed by atoms with Crippen LogP contribution >= 0.6 is 11.6 Å². The highest BCUT2D eigenvalue weighted by Gasteiger charge is 2.36. The predicted octanol–water partition coefficient (Wildman–Crippen LogP) is 1.28. The molecule has 0 aliphatic heterocycles. The van der Waals surface area contributed by atoms with Gasteiger partial charge in [0.25, 0.3) is 5.91 Å². The van der Waals surface area contributed by atoms with Gasteiger partial charge in [-0.05, 0) is 30.9 Å². The van der Waals surface area contributed by atoms with E-state index in [0.29, 0.717) is 12.8 Å². The highest BCUT2D eigenvalue weighted by Crippen LogP contribution is 2.37. The van der Waals surface area contributed by atoms with Crippen molar-refractivity contribution in [1.29, 1.82) is 0 Å². The summed E-state index contributed by atoms with van der Waals surface area (Å²) in [4.78, 5) is 16.7. The molecule has 3 rings (SSSR count). The van der Waals surface area contributed by atoms with E-state index in [4.69, 9.17) is 17.3 Å². The molecule has 1 fully saturated rings. The number of aliphatic hydroxyl groups is 1. The molecular weight excluding hydrogens is 306 g/mol. The van der Waals surface area contributed by atoms with Crippen LogP contribution in [-0.2, 0) is 0 Å². The summed E-state index contributed by atoms with van der Waals surface area (Å²) in [6, 6.07) is 5.22. The molecular formula is C14H16ClN5O2. The fourth-order valence-electron chi connectivity index (χ4n) is 2.60. The number of anilines is 1. The Morgan fingerprint density at radius 2 is 2.27 bits per heavy atom. The maximum atomic E-state index is 12.4. The molecule has 0 bridgehead atoms. The Kier molecular flexibility index (Phi) is 4.00. The number of aromatic nitrogens is 3. The summed E-state index contributed by atoms with van der Waals surface area (Å²) in [5.41, 5.74) is 6.41. The lowest BCUT2D eigenvalue weighted by Crippen LogP contribution is -2.42. The molecule has 2 aromatic rings. The monoisotopic (exact) mass is 321 g/mol. The number of H-pyrrole nitrogens is 1. The van der Waals surface area contributed by atoms with Crippen LogP contribution in [0.15, 0.2) is 24.4 Å². The van der Waals surface area contributed by atoms with Gasteiger partial charge in [-0.15, -0.1) is 0 Å². The summed E-state index contributed by atoms with van der Waals surface area (Å²) in [7, 11) is 0. The van der Waals surface area contributed by atoms with Gasteiger partial charge in [-0.3, -0.25) is 14.9 Å². The molecule has 1 amide bonds. The Labute approximate surface area is 131 Å². The van der Waals surface area contributed by atoms with E-state index in [2.05, 4.69) is 20.5 Å². The number of rotatable bonds is 4. The molecule has 0 saturated heterocycles. The van der Waals surface area contributed by atoms with Crippen molar-refractivity contribution >= 4 is 23.3 Å². The van der Waals surface area contributed by atoms with Crippen LogP contribution in [0.4, 0.5) is 5.82 Å². The number of aliphatic hydroxyl groups excluding tert-OH is 1. The summed E-state index contributed by atoms with van der Waals surface area (Å²) < 4.78 is 0. The summed E-state index contributed by atoms with van der Waals surface area (Å²) in [5, 5.41) is 18.8. The number of carbonyl (C=O) groups excluding carboxylic acids is 1. The lowest BCUT2D eigenvalue weighted by Gasteiger charge is -2.37. The van der Waals surface area contributed by atoms with Crippen LogP contribution < -0.4 is 11.1 Å². The molecule has 1 atom stereocenters. The molecule has 1 aliphatic carbocycles. The normalized spacial score (nSPS) is 21.9. The molecule has 116 valence electrons. The number of nitrogen functional groups attached to an aromatic ring is 1. The number of carbonyl (C=O) groups is 1. The standard InChI is InChI=1S/C14H16ClN5O2/c15-10-12(19-20-13(10)16)14(22)18-11(7-5-8(21)6-7)9-3-1-2-4-17-9/h1-4,7-8,11,21H,5-6H2,(H,18,22)(H3,16,19,20). The van der Waals surface area contributed by atoms with Crippen molar-refractivity contribution in [2.45, 2.75) is 25.0 Å². The van der Waals surface area contributed by atoms with Gasteiger partial charge in [-0.2, -0.15) is 5.10 Å². The molecule has 7 nitrogen and oxygen atoms in total. The van der Waals surface area contributed by atoms with Crippen molar-refractivity contribution in [3.05, 3.63) is 40.8 Å². The zero-order valence-electron chi connectivity index (χ0n) is 11.7. The van der Waals surface area contributed by atoms with E-state index >= 15 is 0 Å². The van der Waals surface area contributed by atoms with Crippen LogP contribution in [0.1, 0.15) is 35.1 Å².